The van der Waals surface area contributed by atoms with Gasteiger partial charge in [0, 0.05) is 17.8 Å². The molecule has 2 aromatic carbocycles. The van der Waals surface area contributed by atoms with Crippen LogP contribution in [0.4, 0.5) is 5.82 Å². The number of nitrogens with one attached hydrogen (secondary N) is 1. The van der Waals surface area contributed by atoms with Gasteiger partial charge < -0.3 is 10.1 Å². The molecular weight excluding hydrogens is 364 g/mol. The number of amides is 1. The molecule has 2 aromatic heterocycles. The van der Waals surface area contributed by atoms with Gasteiger partial charge in [0.25, 0.3) is 5.91 Å². The summed E-state index contributed by atoms with van der Waals surface area (Å²) in [6.07, 6.45) is 1.69. The second-order valence-corrected chi connectivity index (χ2v) is 6.53. The number of nitrogens with zero attached hydrogens (tertiary/aromatic N) is 3. The number of benzene rings is 2. The second kappa shape index (κ2) is 8.39. The lowest BCUT2D eigenvalue weighted by molar-refractivity contribution is 0.102. The summed E-state index contributed by atoms with van der Waals surface area (Å²) in [6, 6.07) is 24.4. The standard InChI is InChI=1S/C23H20N4O2/c1-17-14-22(27(26-17)21-12-5-6-13-24-21)25-23(28)19-10-7-11-20(15-19)29-16-18-8-3-2-4-9-18/h2-15H,16H2,1H3,(H,25,28). The minimum atomic E-state index is -0.243. The lowest BCUT2D eigenvalue weighted by atomic mass is 10.2. The summed E-state index contributed by atoms with van der Waals surface area (Å²) in [4.78, 5) is 17.1. The van der Waals surface area contributed by atoms with Crippen LogP contribution in [-0.2, 0) is 6.61 Å². The number of aromatic nitrogens is 3. The van der Waals surface area contributed by atoms with Crippen LogP contribution in [0.15, 0.2) is 85.1 Å². The molecule has 0 radical (unpaired) electrons. The molecule has 0 saturated heterocycles. The molecular formula is C23H20N4O2. The molecule has 0 fully saturated rings. The Hall–Kier alpha value is -3.93. The highest BCUT2D eigenvalue weighted by molar-refractivity contribution is 6.04. The third-order valence-corrected chi connectivity index (χ3v) is 4.28. The van der Waals surface area contributed by atoms with Crippen molar-refractivity contribution in [3.05, 3.63) is 102 Å². The Morgan fingerprint density at radius 2 is 1.83 bits per heavy atom. The van der Waals surface area contributed by atoms with Crippen LogP contribution in [0.1, 0.15) is 21.6 Å². The molecule has 2 heterocycles. The Morgan fingerprint density at radius 3 is 2.62 bits per heavy atom. The summed E-state index contributed by atoms with van der Waals surface area (Å²) in [6.45, 7) is 2.31. The SMILES string of the molecule is Cc1cc(NC(=O)c2cccc(OCc3ccccc3)c2)n(-c2ccccn2)n1. The zero-order chi connectivity index (χ0) is 20.1. The van der Waals surface area contributed by atoms with Crippen molar-refractivity contribution < 1.29 is 9.53 Å². The van der Waals surface area contributed by atoms with Crippen molar-refractivity contribution in [3.8, 4) is 11.6 Å². The van der Waals surface area contributed by atoms with Crippen LogP contribution in [0, 0.1) is 6.92 Å². The second-order valence-electron chi connectivity index (χ2n) is 6.53. The summed E-state index contributed by atoms with van der Waals surface area (Å²) in [5.41, 5.74) is 2.35. The number of carbonyl (C=O) groups excluding carboxylic acids is 1. The lowest BCUT2D eigenvalue weighted by Crippen LogP contribution is -2.15. The van der Waals surface area contributed by atoms with E-state index in [1.54, 1.807) is 29.1 Å². The van der Waals surface area contributed by atoms with E-state index in [0.29, 0.717) is 29.6 Å². The highest BCUT2D eigenvalue weighted by Gasteiger charge is 2.13. The van der Waals surface area contributed by atoms with Crippen LogP contribution in [0.5, 0.6) is 5.75 Å². The van der Waals surface area contributed by atoms with Crippen molar-refractivity contribution in [2.24, 2.45) is 0 Å². The Morgan fingerprint density at radius 1 is 1.00 bits per heavy atom. The third-order valence-electron chi connectivity index (χ3n) is 4.28. The number of hydrogen-bond acceptors (Lipinski definition) is 4. The van der Waals surface area contributed by atoms with E-state index < -0.39 is 0 Å². The fraction of sp³-hybridized carbons (Fsp3) is 0.0870. The molecule has 0 aliphatic rings. The van der Waals surface area contributed by atoms with Gasteiger partial charge in [-0.3, -0.25) is 4.79 Å². The summed E-state index contributed by atoms with van der Waals surface area (Å²) < 4.78 is 7.44. The molecule has 1 N–H and O–H groups in total. The first-order valence-electron chi connectivity index (χ1n) is 9.25. The summed E-state index contributed by atoms with van der Waals surface area (Å²) in [7, 11) is 0. The number of aryl methyl sites for hydroxylation is 1. The highest BCUT2D eigenvalue weighted by atomic mass is 16.5. The molecule has 144 valence electrons. The number of hydrogen-bond donors (Lipinski definition) is 1. The largest absolute Gasteiger partial charge is 0.489 e. The van der Waals surface area contributed by atoms with Gasteiger partial charge in [-0.25, -0.2) is 4.98 Å². The van der Waals surface area contributed by atoms with E-state index in [2.05, 4.69) is 15.4 Å². The normalized spacial score (nSPS) is 10.5. The molecule has 4 aromatic rings. The van der Waals surface area contributed by atoms with Gasteiger partial charge in [-0.05, 0) is 42.8 Å². The fourth-order valence-electron chi connectivity index (χ4n) is 2.90. The fourth-order valence-corrected chi connectivity index (χ4v) is 2.90. The average molecular weight is 384 g/mol. The van der Waals surface area contributed by atoms with Crippen LogP contribution in [0.2, 0.25) is 0 Å². The van der Waals surface area contributed by atoms with Crippen LogP contribution in [-0.4, -0.2) is 20.7 Å². The molecule has 6 nitrogen and oxygen atoms in total. The van der Waals surface area contributed by atoms with E-state index in [1.165, 1.54) is 0 Å². The van der Waals surface area contributed by atoms with E-state index in [-0.39, 0.29) is 5.91 Å². The molecule has 0 saturated carbocycles. The molecule has 1 amide bonds. The molecule has 0 unspecified atom stereocenters. The molecule has 6 heteroatoms. The minimum absolute atomic E-state index is 0.243. The van der Waals surface area contributed by atoms with Crippen molar-refractivity contribution in [2.45, 2.75) is 13.5 Å². The molecule has 29 heavy (non-hydrogen) atoms. The van der Waals surface area contributed by atoms with Gasteiger partial charge in [0.1, 0.15) is 18.2 Å². The van der Waals surface area contributed by atoms with Gasteiger partial charge >= 0.3 is 0 Å². The summed E-state index contributed by atoms with van der Waals surface area (Å²) >= 11 is 0. The number of ether oxygens (including phenoxy) is 1. The van der Waals surface area contributed by atoms with E-state index in [9.17, 15) is 4.79 Å². The van der Waals surface area contributed by atoms with Crippen molar-refractivity contribution in [1.29, 1.82) is 0 Å². The first-order chi connectivity index (χ1) is 14.2. The van der Waals surface area contributed by atoms with Gasteiger partial charge in [-0.15, -0.1) is 0 Å². The van der Waals surface area contributed by atoms with Gasteiger partial charge in [-0.2, -0.15) is 9.78 Å². The quantitative estimate of drug-likeness (QED) is 0.535. The van der Waals surface area contributed by atoms with Gasteiger partial charge in [0.15, 0.2) is 5.82 Å². The summed E-state index contributed by atoms with van der Waals surface area (Å²) in [5, 5.41) is 7.34. The van der Waals surface area contributed by atoms with Gasteiger partial charge in [0.05, 0.1) is 5.69 Å². The highest BCUT2D eigenvalue weighted by Crippen LogP contribution is 2.19. The topological polar surface area (TPSA) is 69.0 Å². The van der Waals surface area contributed by atoms with Gasteiger partial charge in [0.2, 0.25) is 0 Å². The Kier molecular flexibility index (Phi) is 5.33. The van der Waals surface area contributed by atoms with Crippen molar-refractivity contribution in [3.63, 3.8) is 0 Å². The molecule has 0 spiro atoms. The maximum absolute atomic E-state index is 12.8. The maximum Gasteiger partial charge on any atom is 0.256 e. The predicted molar refractivity (Wildman–Crippen MR) is 111 cm³/mol. The molecule has 0 atom stereocenters. The first kappa shape index (κ1) is 18.4. The molecule has 0 aliphatic carbocycles. The Labute approximate surface area is 168 Å². The van der Waals surface area contributed by atoms with Gasteiger partial charge in [-0.1, -0.05) is 42.5 Å². The number of rotatable bonds is 6. The number of carbonyl (C=O) groups is 1. The van der Waals surface area contributed by atoms with E-state index in [0.717, 1.165) is 11.3 Å². The predicted octanol–water partition coefficient (Wildman–Crippen LogP) is 4.41. The third kappa shape index (κ3) is 4.50. The smallest absolute Gasteiger partial charge is 0.256 e. The minimum Gasteiger partial charge on any atom is -0.489 e. The molecule has 4 rings (SSSR count). The van der Waals surface area contributed by atoms with Crippen LogP contribution < -0.4 is 10.1 Å². The molecule has 0 bridgehead atoms. The van der Waals surface area contributed by atoms with Crippen LogP contribution in [0.3, 0.4) is 0 Å². The van der Waals surface area contributed by atoms with Crippen molar-refractivity contribution in [2.75, 3.05) is 5.32 Å². The number of anilines is 1. The zero-order valence-corrected chi connectivity index (χ0v) is 15.9. The van der Waals surface area contributed by atoms with Crippen molar-refractivity contribution in [1.82, 2.24) is 14.8 Å². The monoisotopic (exact) mass is 384 g/mol. The first-order valence-corrected chi connectivity index (χ1v) is 9.25. The van der Waals surface area contributed by atoms with E-state index >= 15 is 0 Å². The van der Waals surface area contributed by atoms with Crippen LogP contribution in [0.25, 0.3) is 5.82 Å². The zero-order valence-electron chi connectivity index (χ0n) is 15.9. The lowest BCUT2D eigenvalue weighted by Gasteiger charge is -2.10. The Balaban J connectivity index is 1.50. The number of pyridine rings is 1. The summed E-state index contributed by atoms with van der Waals surface area (Å²) in [5.74, 6) is 1.58. The van der Waals surface area contributed by atoms with E-state index in [1.807, 2.05) is 67.6 Å². The Bertz CT molecular complexity index is 1110. The van der Waals surface area contributed by atoms with Crippen molar-refractivity contribution >= 4 is 11.7 Å². The van der Waals surface area contributed by atoms with Crippen LogP contribution >= 0.6 is 0 Å². The average Bonchev–Trinajstić information content (AvgIpc) is 3.14. The molecule has 0 aliphatic heterocycles. The maximum atomic E-state index is 12.8. The van der Waals surface area contributed by atoms with E-state index in [4.69, 9.17) is 4.74 Å².